The molecule has 26 heavy (non-hydrogen) atoms. The van der Waals surface area contributed by atoms with Gasteiger partial charge < -0.3 is 4.90 Å². The molecule has 2 aromatic rings. The summed E-state index contributed by atoms with van der Waals surface area (Å²) in [4.78, 5) is 17.0. The molecule has 0 unspecified atom stereocenters. The average molecular weight is 393 g/mol. The van der Waals surface area contributed by atoms with Crippen LogP contribution in [0.4, 0.5) is 4.79 Å². The molecule has 0 aliphatic carbocycles. The third kappa shape index (κ3) is 5.17. The number of aryl methyl sites for hydroxylation is 1. The van der Waals surface area contributed by atoms with Gasteiger partial charge in [-0.3, -0.25) is 14.3 Å². The smallest absolute Gasteiger partial charge is 0.294 e. The van der Waals surface area contributed by atoms with E-state index >= 15 is 0 Å². The highest BCUT2D eigenvalue weighted by Gasteiger charge is 2.21. The lowest BCUT2D eigenvalue weighted by molar-refractivity contribution is 0.242. The summed E-state index contributed by atoms with van der Waals surface area (Å²) in [5.41, 5.74) is 4.35. The summed E-state index contributed by atoms with van der Waals surface area (Å²) in [6.07, 6.45) is 3.55. The van der Waals surface area contributed by atoms with Crippen molar-refractivity contribution in [2.45, 2.75) is 18.7 Å². The fraction of sp³-hybridized carbons (Fsp3) is 0.222. The number of nitrogens with zero attached hydrogens (tertiary/aromatic N) is 2. The fourth-order valence-electron chi connectivity index (χ4n) is 2.23. The predicted octanol–water partition coefficient (Wildman–Crippen LogP) is 3.85. The van der Waals surface area contributed by atoms with Crippen LogP contribution in [-0.4, -0.2) is 40.9 Å². The number of allylic oxidation sites excluding steroid dienone is 1. The van der Waals surface area contributed by atoms with Gasteiger partial charge >= 0.3 is 0 Å². The molecular formula is C18H20N2O4S2. The molecule has 1 amide bonds. The van der Waals surface area contributed by atoms with Crippen molar-refractivity contribution in [1.82, 2.24) is 9.88 Å². The molecule has 6 nitrogen and oxygen atoms in total. The number of benzene rings is 1. The zero-order valence-electron chi connectivity index (χ0n) is 14.7. The third-order valence-electron chi connectivity index (χ3n) is 3.90. The number of thioether (sulfide) groups is 1. The summed E-state index contributed by atoms with van der Waals surface area (Å²) in [6.45, 7) is 3.82. The molecule has 0 saturated carbocycles. The van der Waals surface area contributed by atoms with E-state index in [2.05, 4.69) is 4.98 Å². The number of carbonyl (C=O) groups excluding carboxylic acids is 1. The second-order valence-electron chi connectivity index (χ2n) is 5.70. The number of aromatic nitrogens is 1. The number of carbonyl (C=O) groups is 1. The van der Waals surface area contributed by atoms with Gasteiger partial charge in [-0.2, -0.15) is 8.42 Å². The van der Waals surface area contributed by atoms with Gasteiger partial charge in [0.2, 0.25) is 0 Å². The van der Waals surface area contributed by atoms with E-state index in [4.69, 9.17) is 4.55 Å². The van der Waals surface area contributed by atoms with Crippen molar-refractivity contribution in [2.24, 2.45) is 0 Å². The third-order valence-corrected chi connectivity index (χ3v) is 5.72. The lowest BCUT2D eigenvalue weighted by atomic mass is 10.1. The largest absolute Gasteiger partial charge is 0.310 e. The maximum absolute atomic E-state index is 11.4. The highest BCUT2D eigenvalue weighted by Crippen LogP contribution is 2.31. The molecule has 1 aliphatic rings. The maximum Gasteiger partial charge on any atom is 0.294 e. The van der Waals surface area contributed by atoms with Gasteiger partial charge in [0.25, 0.3) is 15.4 Å². The zero-order valence-corrected chi connectivity index (χ0v) is 16.3. The van der Waals surface area contributed by atoms with Gasteiger partial charge in [0.15, 0.2) is 0 Å². The molecule has 1 aliphatic heterocycles. The fourth-order valence-corrected chi connectivity index (χ4v) is 3.68. The van der Waals surface area contributed by atoms with Gasteiger partial charge in [-0.25, -0.2) is 0 Å². The Morgan fingerprint density at radius 3 is 2.19 bits per heavy atom. The van der Waals surface area contributed by atoms with E-state index in [1.165, 1.54) is 29.5 Å². The van der Waals surface area contributed by atoms with Crippen LogP contribution < -0.4 is 0 Å². The summed E-state index contributed by atoms with van der Waals surface area (Å²) >= 11 is 1.34. The summed E-state index contributed by atoms with van der Waals surface area (Å²) < 4.78 is 29.6. The van der Waals surface area contributed by atoms with Gasteiger partial charge in [-0.1, -0.05) is 29.5 Å². The quantitative estimate of drug-likeness (QED) is 0.781. The van der Waals surface area contributed by atoms with Crippen molar-refractivity contribution >= 4 is 32.7 Å². The molecular weight excluding hydrogens is 372 g/mol. The highest BCUT2D eigenvalue weighted by molar-refractivity contribution is 8.13. The van der Waals surface area contributed by atoms with Crippen molar-refractivity contribution in [3.05, 3.63) is 65.6 Å². The average Bonchev–Trinajstić information content (AvgIpc) is 2.61. The summed E-state index contributed by atoms with van der Waals surface area (Å²) in [5, 5.41) is 0.116. The Kier molecular flexibility index (Phi) is 6.57. The second-order valence-corrected chi connectivity index (χ2v) is 8.05. The van der Waals surface area contributed by atoms with E-state index in [0.717, 1.165) is 22.6 Å². The van der Waals surface area contributed by atoms with Crippen LogP contribution in [0.15, 0.2) is 59.4 Å². The lowest BCUT2D eigenvalue weighted by Crippen LogP contribution is -2.26. The number of amides is 1. The molecule has 3 rings (SSSR count). The van der Waals surface area contributed by atoms with Crippen LogP contribution in [0.5, 0.6) is 0 Å². The monoisotopic (exact) mass is 392 g/mol. The molecule has 0 atom stereocenters. The maximum atomic E-state index is 11.4. The van der Waals surface area contributed by atoms with Crippen LogP contribution in [0.3, 0.4) is 0 Å². The number of rotatable bonds is 2. The first-order valence-electron chi connectivity index (χ1n) is 7.75. The van der Waals surface area contributed by atoms with E-state index in [1.54, 1.807) is 29.4 Å². The Bertz CT molecular complexity index is 908. The van der Waals surface area contributed by atoms with Crippen LogP contribution in [-0.2, 0) is 10.1 Å². The normalized spacial score (nSPS) is 14.8. The molecule has 8 heteroatoms. The van der Waals surface area contributed by atoms with Crippen molar-refractivity contribution < 1.29 is 17.8 Å². The molecule has 0 fully saturated rings. The number of hydrogen-bond donors (Lipinski definition) is 1. The van der Waals surface area contributed by atoms with Crippen molar-refractivity contribution in [2.75, 3.05) is 12.8 Å². The molecule has 138 valence electrons. The van der Waals surface area contributed by atoms with E-state index in [9.17, 15) is 13.2 Å². The molecule has 1 aromatic heterocycles. The highest BCUT2D eigenvalue weighted by atomic mass is 32.2. The first-order valence-corrected chi connectivity index (χ1v) is 10.2. The van der Waals surface area contributed by atoms with Crippen LogP contribution in [0.25, 0.3) is 5.57 Å². The first-order chi connectivity index (χ1) is 12.2. The Hall–Kier alpha value is -2.16. The van der Waals surface area contributed by atoms with Crippen molar-refractivity contribution in [3.63, 3.8) is 0 Å². The zero-order chi connectivity index (χ0) is 19.3. The minimum atomic E-state index is -4.02. The minimum Gasteiger partial charge on any atom is -0.310 e. The minimum absolute atomic E-state index is 0.0666. The van der Waals surface area contributed by atoms with Crippen molar-refractivity contribution in [3.8, 4) is 0 Å². The summed E-state index contributed by atoms with van der Waals surface area (Å²) in [7, 11) is -2.21. The molecule has 1 N–H and O–H groups in total. The van der Waals surface area contributed by atoms with Gasteiger partial charge in [0.1, 0.15) is 0 Å². The van der Waals surface area contributed by atoms with Crippen molar-refractivity contribution in [1.29, 1.82) is 0 Å². The van der Waals surface area contributed by atoms with E-state index in [-0.39, 0.29) is 10.1 Å². The molecule has 0 saturated heterocycles. The Morgan fingerprint density at radius 1 is 1.08 bits per heavy atom. The molecule has 0 spiro atoms. The second kappa shape index (κ2) is 8.48. The van der Waals surface area contributed by atoms with E-state index < -0.39 is 10.1 Å². The molecule has 0 radical (unpaired) electrons. The molecule has 1 aromatic carbocycles. The van der Waals surface area contributed by atoms with Gasteiger partial charge in [-0.15, -0.1) is 0 Å². The lowest BCUT2D eigenvalue weighted by Gasteiger charge is -2.26. The first kappa shape index (κ1) is 20.2. The summed E-state index contributed by atoms with van der Waals surface area (Å²) in [5.74, 6) is 0.749. The van der Waals surface area contributed by atoms with Gasteiger partial charge in [0, 0.05) is 30.9 Å². The predicted molar refractivity (Wildman–Crippen MR) is 103 cm³/mol. The van der Waals surface area contributed by atoms with Crippen LogP contribution >= 0.6 is 11.8 Å². The van der Waals surface area contributed by atoms with Crippen LogP contribution in [0.1, 0.15) is 18.1 Å². The number of hydrogen-bond acceptors (Lipinski definition) is 5. The summed E-state index contributed by atoms with van der Waals surface area (Å²) in [6, 6.07) is 9.94. The molecule has 2 heterocycles. The Balaban J connectivity index is 0.000000197. The van der Waals surface area contributed by atoms with Gasteiger partial charge in [0.05, 0.1) is 4.90 Å². The number of pyridine rings is 1. The topological polar surface area (TPSA) is 87.6 Å². The standard InChI is InChI=1S/C11H12N2OS.C7H8O3S/c1-8-10(7-15-11(14)13(8)2)9-3-5-12-6-4-9;1-6-2-4-7(5-3-6)11(8,9)10/h3-6H,7H2,1-2H3;2-5H,1H3,(H,8,9,10). The SMILES string of the molecule is CC1=C(c2ccncc2)CSC(=O)N1C.Cc1ccc(S(=O)(=O)O)cc1. The van der Waals surface area contributed by atoms with Crippen LogP contribution in [0.2, 0.25) is 0 Å². The molecule has 0 bridgehead atoms. The van der Waals surface area contributed by atoms with Crippen LogP contribution in [0, 0.1) is 6.92 Å². The Morgan fingerprint density at radius 2 is 1.65 bits per heavy atom. The van der Waals surface area contributed by atoms with E-state index in [1.807, 2.05) is 33.0 Å². The Labute approximate surface area is 157 Å². The van der Waals surface area contributed by atoms with Gasteiger partial charge in [-0.05, 0) is 49.2 Å². The van der Waals surface area contributed by atoms with E-state index in [0.29, 0.717) is 0 Å².